The summed E-state index contributed by atoms with van der Waals surface area (Å²) in [6.45, 7) is 3.38. The highest BCUT2D eigenvalue weighted by Crippen LogP contribution is 2.24. The number of rotatable bonds is 8. The van der Waals surface area contributed by atoms with E-state index in [1.807, 2.05) is 37.3 Å². The molecule has 29 heavy (non-hydrogen) atoms. The van der Waals surface area contributed by atoms with Crippen LogP contribution in [0.4, 0.5) is 5.69 Å². The van der Waals surface area contributed by atoms with Crippen molar-refractivity contribution in [1.82, 2.24) is 0 Å². The Labute approximate surface area is 170 Å². The molecule has 3 rings (SSSR count). The quantitative estimate of drug-likeness (QED) is 0.568. The zero-order valence-corrected chi connectivity index (χ0v) is 16.5. The number of anilines is 1. The molecule has 0 saturated heterocycles. The number of hydrogen-bond donors (Lipinski definition) is 1. The molecule has 0 aromatic heterocycles. The van der Waals surface area contributed by atoms with E-state index in [4.69, 9.17) is 4.74 Å². The fourth-order valence-electron chi connectivity index (χ4n) is 3.19. The van der Waals surface area contributed by atoms with Crippen molar-refractivity contribution in [3.8, 4) is 5.75 Å². The van der Waals surface area contributed by atoms with Gasteiger partial charge >= 0.3 is 5.97 Å². The predicted octanol–water partition coefficient (Wildman–Crippen LogP) is 4.65. The van der Waals surface area contributed by atoms with Gasteiger partial charge in [0.2, 0.25) is 0 Å². The molecule has 0 aliphatic rings. The molecule has 0 spiro atoms. The lowest BCUT2D eigenvalue weighted by molar-refractivity contribution is 0.0693. The van der Waals surface area contributed by atoms with Gasteiger partial charge in [-0.15, -0.1) is 0 Å². The number of hydrogen-bond acceptors (Lipinski definition) is 4. The molecule has 0 amide bonds. The highest BCUT2D eigenvalue weighted by molar-refractivity contribution is 6.14. The summed E-state index contributed by atoms with van der Waals surface area (Å²) in [6.07, 6.45) is 0. The van der Waals surface area contributed by atoms with Crippen molar-refractivity contribution >= 4 is 17.4 Å². The molecule has 0 fully saturated rings. The van der Waals surface area contributed by atoms with Gasteiger partial charge in [-0.25, -0.2) is 4.79 Å². The van der Waals surface area contributed by atoms with Crippen LogP contribution < -0.4 is 9.64 Å². The highest BCUT2D eigenvalue weighted by atomic mass is 16.5. The van der Waals surface area contributed by atoms with E-state index in [2.05, 4.69) is 4.90 Å². The van der Waals surface area contributed by atoms with E-state index in [1.165, 1.54) is 0 Å². The summed E-state index contributed by atoms with van der Waals surface area (Å²) in [5.41, 5.74) is 2.47. The van der Waals surface area contributed by atoms with Crippen molar-refractivity contribution in [3.63, 3.8) is 0 Å². The van der Waals surface area contributed by atoms with Gasteiger partial charge in [-0.3, -0.25) is 4.79 Å². The van der Waals surface area contributed by atoms with Crippen molar-refractivity contribution in [2.45, 2.75) is 13.5 Å². The normalized spacial score (nSPS) is 10.4. The molecule has 0 aliphatic heterocycles. The summed E-state index contributed by atoms with van der Waals surface area (Å²) < 4.78 is 5.11. The molecule has 5 nitrogen and oxygen atoms in total. The fourth-order valence-corrected chi connectivity index (χ4v) is 3.19. The minimum Gasteiger partial charge on any atom is -0.497 e. The third-order valence-electron chi connectivity index (χ3n) is 4.79. The maximum Gasteiger partial charge on any atom is 0.336 e. The SMILES string of the molecule is CCN(Cc1ccccc1)c1ccc(C(=O)c2ccc(OC)cc2)c(C(=O)O)c1. The molecule has 0 atom stereocenters. The first-order chi connectivity index (χ1) is 14.0. The van der Waals surface area contributed by atoms with E-state index in [1.54, 1.807) is 49.6 Å². The van der Waals surface area contributed by atoms with Crippen molar-refractivity contribution in [3.05, 3.63) is 95.1 Å². The van der Waals surface area contributed by atoms with Gasteiger partial charge in [-0.05, 0) is 55.0 Å². The number of aromatic carboxylic acids is 1. The van der Waals surface area contributed by atoms with E-state index >= 15 is 0 Å². The molecule has 148 valence electrons. The van der Waals surface area contributed by atoms with Crippen LogP contribution in [-0.4, -0.2) is 30.5 Å². The van der Waals surface area contributed by atoms with Crippen LogP contribution in [0.1, 0.15) is 38.8 Å². The van der Waals surface area contributed by atoms with Crippen molar-refractivity contribution in [2.75, 3.05) is 18.6 Å². The molecule has 0 bridgehead atoms. The molecule has 0 heterocycles. The Kier molecular flexibility index (Phi) is 6.29. The standard InChI is InChI=1S/C24H23NO4/c1-3-25(16-17-7-5-4-6-8-17)19-11-14-21(22(15-19)24(27)28)23(26)18-9-12-20(29-2)13-10-18/h4-15H,3,16H2,1-2H3,(H,27,28). The number of carboxylic acid groups (broad SMARTS) is 1. The van der Waals surface area contributed by atoms with Gasteiger partial charge in [0.15, 0.2) is 5.78 Å². The van der Waals surface area contributed by atoms with Crippen molar-refractivity contribution in [1.29, 1.82) is 0 Å². The Balaban J connectivity index is 1.93. The first-order valence-electron chi connectivity index (χ1n) is 9.38. The molecule has 5 heteroatoms. The van der Waals surface area contributed by atoms with Crippen LogP contribution in [0.15, 0.2) is 72.8 Å². The molecule has 3 aromatic carbocycles. The number of carbonyl (C=O) groups excluding carboxylic acids is 1. The van der Waals surface area contributed by atoms with Crippen LogP contribution >= 0.6 is 0 Å². The van der Waals surface area contributed by atoms with E-state index < -0.39 is 5.97 Å². The Morgan fingerprint density at radius 3 is 2.21 bits per heavy atom. The van der Waals surface area contributed by atoms with Crippen LogP contribution in [0.2, 0.25) is 0 Å². The second kappa shape index (κ2) is 9.06. The van der Waals surface area contributed by atoms with Crippen molar-refractivity contribution in [2.24, 2.45) is 0 Å². The second-order valence-corrected chi connectivity index (χ2v) is 6.59. The monoisotopic (exact) mass is 389 g/mol. The van der Waals surface area contributed by atoms with E-state index in [9.17, 15) is 14.7 Å². The van der Waals surface area contributed by atoms with Crippen molar-refractivity contribution < 1.29 is 19.4 Å². The summed E-state index contributed by atoms with van der Waals surface area (Å²) >= 11 is 0. The Hall–Kier alpha value is -3.60. The minimum absolute atomic E-state index is 0.00479. The lowest BCUT2D eigenvalue weighted by Gasteiger charge is -2.24. The van der Waals surface area contributed by atoms with Gasteiger partial charge in [0.05, 0.1) is 12.7 Å². The van der Waals surface area contributed by atoms with E-state index in [0.29, 0.717) is 24.4 Å². The first-order valence-corrected chi connectivity index (χ1v) is 9.38. The van der Waals surface area contributed by atoms with Gasteiger partial charge in [0, 0.05) is 29.9 Å². The summed E-state index contributed by atoms with van der Waals surface area (Å²) in [7, 11) is 1.55. The highest BCUT2D eigenvalue weighted by Gasteiger charge is 2.20. The van der Waals surface area contributed by atoms with Gasteiger partial charge in [-0.1, -0.05) is 30.3 Å². The lowest BCUT2D eigenvalue weighted by Crippen LogP contribution is -2.23. The number of nitrogens with zero attached hydrogens (tertiary/aromatic N) is 1. The third-order valence-corrected chi connectivity index (χ3v) is 4.79. The van der Waals surface area contributed by atoms with E-state index in [-0.39, 0.29) is 16.9 Å². The number of ether oxygens (including phenoxy) is 1. The first kappa shape index (κ1) is 20.1. The molecular weight excluding hydrogens is 366 g/mol. The van der Waals surface area contributed by atoms with Gasteiger partial charge in [0.25, 0.3) is 0 Å². The third kappa shape index (κ3) is 4.63. The largest absolute Gasteiger partial charge is 0.497 e. The summed E-state index contributed by atoms with van der Waals surface area (Å²) in [4.78, 5) is 26.9. The fraction of sp³-hybridized carbons (Fsp3) is 0.167. The van der Waals surface area contributed by atoms with Crippen LogP contribution in [0.3, 0.4) is 0 Å². The zero-order valence-electron chi connectivity index (χ0n) is 16.5. The minimum atomic E-state index is -1.13. The molecule has 1 N–H and O–H groups in total. The molecule has 0 aliphatic carbocycles. The van der Waals surface area contributed by atoms with Crippen LogP contribution in [-0.2, 0) is 6.54 Å². The Bertz CT molecular complexity index is 997. The van der Waals surface area contributed by atoms with Gasteiger partial charge < -0.3 is 14.7 Å². The second-order valence-electron chi connectivity index (χ2n) is 6.59. The van der Waals surface area contributed by atoms with Crippen LogP contribution in [0, 0.1) is 0 Å². The van der Waals surface area contributed by atoms with Crippen LogP contribution in [0.25, 0.3) is 0 Å². The average molecular weight is 389 g/mol. The molecule has 3 aromatic rings. The molecule has 0 unspecified atom stereocenters. The number of carboxylic acids is 1. The average Bonchev–Trinajstić information content (AvgIpc) is 2.77. The maximum atomic E-state index is 12.9. The molecular formula is C24H23NO4. The smallest absolute Gasteiger partial charge is 0.336 e. The van der Waals surface area contributed by atoms with Crippen LogP contribution in [0.5, 0.6) is 5.75 Å². The predicted molar refractivity (Wildman–Crippen MR) is 113 cm³/mol. The molecule has 0 saturated carbocycles. The molecule has 0 radical (unpaired) electrons. The summed E-state index contributed by atoms with van der Waals surface area (Å²) in [5, 5.41) is 9.72. The topological polar surface area (TPSA) is 66.8 Å². The number of ketones is 1. The Morgan fingerprint density at radius 2 is 1.62 bits per heavy atom. The summed E-state index contributed by atoms with van der Waals surface area (Å²) in [6, 6.07) is 21.6. The zero-order chi connectivity index (χ0) is 20.8. The number of benzene rings is 3. The summed E-state index contributed by atoms with van der Waals surface area (Å²) in [5.74, 6) is -0.822. The number of carbonyl (C=O) groups is 2. The maximum absolute atomic E-state index is 12.9. The van der Waals surface area contributed by atoms with Gasteiger partial charge in [0.1, 0.15) is 5.75 Å². The van der Waals surface area contributed by atoms with Gasteiger partial charge in [-0.2, -0.15) is 0 Å². The number of methoxy groups -OCH3 is 1. The van der Waals surface area contributed by atoms with E-state index in [0.717, 1.165) is 11.3 Å². The Morgan fingerprint density at radius 1 is 0.931 bits per heavy atom. The lowest BCUT2D eigenvalue weighted by atomic mass is 9.97.